The molecule has 0 radical (unpaired) electrons. The highest BCUT2D eigenvalue weighted by Crippen LogP contribution is 2.21. The maximum absolute atomic E-state index is 10.8. The zero-order chi connectivity index (χ0) is 12.3. The Hall–Kier alpha value is -1.92. The molecule has 1 aromatic carbocycles. The van der Waals surface area contributed by atoms with Crippen molar-refractivity contribution >= 4 is 11.9 Å². The molecule has 1 rings (SSSR count). The summed E-state index contributed by atoms with van der Waals surface area (Å²) >= 11 is 0. The van der Waals surface area contributed by atoms with Crippen molar-refractivity contribution in [3.8, 4) is 0 Å². The van der Waals surface area contributed by atoms with Crippen molar-refractivity contribution in [3.63, 3.8) is 0 Å². The number of carbonyl (C=O) groups is 2. The van der Waals surface area contributed by atoms with Gasteiger partial charge in [0.2, 0.25) is 0 Å². The van der Waals surface area contributed by atoms with Gasteiger partial charge in [-0.05, 0) is 11.6 Å². The molecule has 2 unspecified atom stereocenters. The monoisotopic (exact) mass is 226 g/mol. The van der Waals surface area contributed by atoms with E-state index in [0.29, 0.717) is 0 Å². The zero-order valence-corrected chi connectivity index (χ0v) is 8.07. The van der Waals surface area contributed by atoms with Crippen LogP contribution in [0, 0.1) is 0 Å². The molecular formula is C10H10O6. The molecule has 0 amide bonds. The molecule has 6 heteroatoms. The van der Waals surface area contributed by atoms with E-state index in [2.05, 4.69) is 0 Å². The molecule has 0 spiro atoms. The molecule has 0 aliphatic rings. The minimum absolute atomic E-state index is 0.134. The summed E-state index contributed by atoms with van der Waals surface area (Å²) in [4.78, 5) is 21.2. The van der Waals surface area contributed by atoms with Crippen LogP contribution >= 0.6 is 0 Å². The van der Waals surface area contributed by atoms with Crippen LogP contribution in [0.5, 0.6) is 0 Å². The van der Waals surface area contributed by atoms with Gasteiger partial charge in [-0.2, -0.15) is 0 Å². The lowest BCUT2D eigenvalue weighted by Crippen LogP contribution is -2.28. The lowest BCUT2D eigenvalue weighted by Gasteiger charge is -2.16. The first-order chi connectivity index (χ1) is 7.45. The Labute approximate surface area is 90.4 Å². The van der Waals surface area contributed by atoms with Crippen LogP contribution in [0.4, 0.5) is 0 Å². The van der Waals surface area contributed by atoms with Crippen LogP contribution in [0.15, 0.2) is 24.3 Å². The standard InChI is InChI=1S/C10H10O6/c11-7(8(12)10(15)16)5-3-1-2-4-6(5)9(13)14/h1-4,7-8,11-12H,(H,13,14)(H,15,16). The van der Waals surface area contributed by atoms with E-state index in [9.17, 15) is 14.7 Å². The predicted octanol–water partition coefficient (Wildman–Crippen LogP) is -0.136. The summed E-state index contributed by atoms with van der Waals surface area (Å²) < 4.78 is 0. The molecule has 0 aromatic heterocycles. The quantitative estimate of drug-likeness (QED) is 0.568. The second-order valence-corrected chi connectivity index (χ2v) is 3.12. The molecule has 1 aromatic rings. The van der Waals surface area contributed by atoms with E-state index in [1.807, 2.05) is 0 Å². The van der Waals surface area contributed by atoms with E-state index >= 15 is 0 Å². The largest absolute Gasteiger partial charge is 0.479 e. The fourth-order valence-electron chi connectivity index (χ4n) is 1.25. The van der Waals surface area contributed by atoms with E-state index in [1.54, 1.807) is 0 Å². The van der Waals surface area contributed by atoms with Crippen molar-refractivity contribution < 1.29 is 30.0 Å². The fraction of sp³-hybridized carbons (Fsp3) is 0.200. The van der Waals surface area contributed by atoms with Gasteiger partial charge < -0.3 is 20.4 Å². The minimum Gasteiger partial charge on any atom is -0.479 e. The van der Waals surface area contributed by atoms with Crippen LogP contribution in [0.25, 0.3) is 0 Å². The number of aliphatic hydroxyl groups excluding tert-OH is 2. The van der Waals surface area contributed by atoms with E-state index < -0.39 is 24.1 Å². The van der Waals surface area contributed by atoms with E-state index in [1.165, 1.54) is 24.3 Å². The first-order valence-corrected chi connectivity index (χ1v) is 4.36. The number of aliphatic hydroxyl groups is 2. The van der Waals surface area contributed by atoms with Crippen LogP contribution in [0.1, 0.15) is 22.0 Å². The van der Waals surface area contributed by atoms with Gasteiger partial charge in [0.25, 0.3) is 0 Å². The molecule has 0 aliphatic carbocycles. The molecule has 0 heterocycles. The van der Waals surface area contributed by atoms with Crippen molar-refractivity contribution in [1.29, 1.82) is 0 Å². The van der Waals surface area contributed by atoms with Gasteiger partial charge in [-0.25, -0.2) is 9.59 Å². The minimum atomic E-state index is -2.06. The summed E-state index contributed by atoms with van der Waals surface area (Å²) in [6.45, 7) is 0. The summed E-state index contributed by atoms with van der Waals surface area (Å²) in [6, 6.07) is 5.35. The van der Waals surface area contributed by atoms with Gasteiger partial charge in [0.15, 0.2) is 6.10 Å². The van der Waals surface area contributed by atoms with Crippen LogP contribution in [-0.2, 0) is 4.79 Å². The molecule has 0 fully saturated rings. The average Bonchev–Trinajstić information content (AvgIpc) is 2.26. The molecule has 6 nitrogen and oxygen atoms in total. The predicted molar refractivity (Wildman–Crippen MR) is 52.0 cm³/mol. The summed E-state index contributed by atoms with van der Waals surface area (Å²) in [7, 11) is 0. The van der Waals surface area contributed by atoms with Crippen LogP contribution in [-0.4, -0.2) is 38.5 Å². The first-order valence-electron chi connectivity index (χ1n) is 4.36. The Morgan fingerprint density at radius 1 is 1.06 bits per heavy atom. The molecule has 2 atom stereocenters. The van der Waals surface area contributed by atoms with Crippen molar-refractivity contribution in [1.82, 2.24) is 0 Å². The van der Waals surface area contributed by atoms with Crippen molar-refractivity contribution in [2.75, 3.05) is 0 Å². The van der Waals surface area contributed by atoms with E-state index in [-0.39, 0.29) is 11.1 Å². The Kier molecular flexibility index (Phi) is 3.60. The topological polar surface area (TPSA) is 115 Å². The number of hydrogen-bond donors (Lipinski definition) is 4. The van der Waals surface area contributed by atoms with Crippen LogP contribution in [0.3, 0.4) is 0 Å². The summed E-state index contributed by atoms with van der Waals surface area (Å²) in [5.41, 5.74) is -0.375. The normalized spacial score (nSPS) is 14.1. The lowest BCUT2D eigenvalue weighted by atomic mass is 9.99. The number of carboxylic acids is 2. The van der Waals surface area contributed by atoms with Gasteiger partial charge in [-0.1, -0.05) is 18.2 Å². The van der Waals surface area contributed by atoms with Gasteiger partial charge in [-0.3, -0.25) is 0 Å². The second kappa shape index (κ2) is 4.73. The van der Waals surface area contributed by atoms with Crippen LogP contribution < -0.4 is 0 Å². The second-order valence-electron chi connectivity index (χ2n) is 3.12. The van der Waals surface area contributed by atoms with Crippen molar-refractivity contribution in [2.45, 2.75) is 12.2 Å². The maximum atomic E-state index is 10.8. The Bertz CT molecular complexity index is 414. The Balaban J connectivity index is 3.12. The molecule has 0 saturated carbocycles. The molecule has 0 saturated heterocycles. The molecular weight excluding hydrogens is 216 g/mol. The SMILES string of the molecule is O=C(O)c1ccccc1C(O)C(O)C(=O)O. The smallest absolute Gasteiger partial charge is 0.336 e. The third-order valence-electron chi connectivity index (χ3n) is 2.06. The number of aliphatic carboxylic acids is 1. The highest BCUT2D eigenvalue weighted by molar-refractivity contribution is 5.89. The van der Waals surface area contributed by atoms with Gasteiger partial charge in [0.05, 0.1) is 5.56 Å². The Morgan fingerprint density at radius 3 is 2.12 bits per heavy atom. The van der Waals surface area contributed by atoms with Crippen molar-refractivity contribution in [2.24, 2.45) is 0 Å². The van der Waals surface area contributed by atoms with Gasteiger partial charge in [0.1, 0.15) is 6.10 Å². The average molecular weight is 226 g/mol. The number of hydrogen-bond acceptors (Lipinski definition) is 4. The molecule has 0 bridgehead atoms. The number of benzene rings is 1. The molecule has 0 aliphatic heterocycles. The number of carboxylic acid groups (broad SMARTS) is 2. The van der Waals surface area contributed by atoms with Gasteiger partial charge >= 0.3 is 11.9 Å². The third kappa shape index (κ3) is 2.36. The highest BCUT2D eigenvalue weighted by Gasteiger charge is 2.28. The number of rotatable bonds is 4. The molecule has 4 N–H and O–H groups in total. The summed E-state index contributed by atoms with van der Waals surface area (Å²) in [5, 5.41) is 35.9. The lowest BCUT2D eigenvalue weighted by molar-refractivity contribution is -0.153. The van der Waals surface area contributed by atoms with E-state index in [4.69, 9.17) is 15.3 Å². The van der Waals surface area contributed by atoms with E-state index in [0.717, 1.165) is 0 Å². The van der Waals surface area contributed by atoms with Crippen molar-refractivity contribution in [3.05, 3.63) is 35.4 Å². The summed E-state index contributed by atoms with van der Waals surface area (Å²) in [6.07, 6.45) is -3.83. The highest BCUT2D eigenvalue weighted by atomic mass is 16.4. The first kappa shape index (κ1) is 12.2. The molecule has 86 valence electrons. The molecule has 16 heavy (non-hydrogen) atoms. The third-order valence-corrected chi connectivity index (χ3v) is 2.06. The van der Waals surface area contributed by atoms with Gasteiger partial charge in [-0.15, -0.1) is 0 Å². The van der Waals surface area contributed by atoms with Crippen LogP contribution in [0.2, 0.25) is 0 Å². The Morgan fingerprint density at radius 2 is 1.62 bits per heavy atom. The zero-order valence-electron chi connectivity index (χ0n) is 8.07. The fourth-order valence-corrected chi connectivity index (χ4v) is 1.25. The van der Waals surface area contributed by atoms with Gasteiger partial charge in [0, 0.05) is 0 Å². The summed E-state index contributed by atoms with van der Waals surface area (Å²) in [5.74, 6) is -2.92. The maximum Gasteiger partial charge on any atom is 0.336 e. The number of aromatic carboxylic acids is 1.